The van der Waals surface area contributed by atoms with Crippen molar-refractivity contribution in [1.82, 2.24) is 20.3 Å². The number of pyridine rings is 1. The molecule has 2 aromatic heterocycles. The van der Waals surface area contributed by atoms with Crippen molar-refractivity contribution in [2.45, 2.75) is 44.6 Å². The van der Waals surface area contributed by atoms with Gasteiger partial charge in [0.2, 0.25) is 11.8 Å². The summed E-state index contributed by atoms with van der Waals surface area (Å²) in [5.74, 6) is -1.28. The van der Waals surface area contributed by atoms with E-state index >= 15 is 0 Å². The first-order valence-electron chi connectivity index (χ1n) is 13.6. The largest absolute Gasteiger partial charge is 0.437 e. The maximum atomic E-state index is 13.3. The van der Waals surface area contributed by atoms with Gasteiger partial charge in [0.1, 0.15) is 5.75 Å². The second kappa shape index (κ2) is 10.7. The Labute approximate surface area is 226 Å². The highest BCUT2D eigenvalue weighted by molar-refractivity contribution is 5.98. The molecule has 0 radical (unpaired) electrons. The SMILES string of the molecule is Cc1ccc2c(NCC[C@@H]3CC3(F)F)cccc2c1Oc1ncccc1-c1ccnc(N[C@H]2CCCNC2)n1. The summed E-state index contributed by atoms with van der Waals surface area (Å²) in [4.78, 5) is 13.7. The normalized spacial score (nSPS) is 20.0. The van der Waals surface area contributed by atoms with Crippen LogP contribution < -0.4 is 20.7 Å². The summed E-state index contributed by atoms with van der Waals surface area (Å²) >= 11 is 0. The zero-order valence-electron chi connectivity index (χ0n) is 21.9. The van der Waals surface area contributed by atoms with Crippen LogP contribution in [0.4, 0.5) is 20.4 Å². The molecule has 2 atom stereocenters. The number of hydrogen-bond acceptors (Lipinski definition) is 7. The third-order valence-electron chi connectivity index (χ3n) is 7.50. The summed E-state index contributed by atoms with van der Waals surface area (Å²) in [7, 11) is 0. The monoisotopic (exact) mass is 530 g/mol. The summed E-state index contributed by atoms with van der Waals surface area (Å²) in [6.45, 7) is 4.42. The van der Waals surface area contributed by atoms with Crippen LogP contribution in [0.5, 0.6) is 11.6 Å². The van der Waals surface area contributed by atoms with Gasteiger partial charge in [-0.2, -0.15) is 0 Å². The molecule has 1 aliphatic heterocycles. The highest BCUT2D eigenvalue weighted by Gasteiger charge is 2.55. The van der Waals surface area contributed by atoms with E-state index in [1.54, 1.807) is 12.4 Å². The lowest BCUT2D eigenvalue weighted by molar-refractivity contribution is 0.0978. The summed E-state index contributed by atoms with van der Waals surface area (Å²) < 4.78 is 33.1. The van der Waals surface area contributed by atoms with E-state index in [1.165, 1.54) is 0 Å². The maximum Gasteiger partial charge on any atom is 0.251 e. The molecule has 39 heavy (non-hydrogen) atoms. The molecule has 3 N–H and O–H groups in total. The van der Waals surface area contributed by atoms with Crippen molar-refractivity contribution in [3.05, 3.63) is 66.5 Å². The van der Waals surface area contributed by atoms with Gasteiger partial charge in [0, 0.05) is 60.3 Å². The van der Waals surface area contributed by atoms with E-state index < -0.39 is 11.8 Å². The molecule has 1 saturated carbocycles. The van der Waals surface area contributed by atoms with Crippen LogP contribution in [0.2, 0.25) is 0 Å². The number of aryl methyl sites for hydroxylation is 1. The lowest BCUT2D eigenvalue weighted by Crippen LogP contribution is -2.38. The lowest BCUT2D eigenvalue weighted by atomic mass is 10.0. The van der Waals surface area contributed by atoms with E-state index in [9.17, 15) is 8.78 Å². The average molecular weight is 531 g/mol. The number of rotatable bonds is 9. The highest BCUT2D eigenvalue weighted by Crippen LogP contribution is 2.50. The molecular formula is C30H32F2N6O. The molecule has 1 aliphatic carbocycles. The summed E-state index contributed by atoms with van der Waals surface area (Å²) in [6.07, 6.45) is 6.09. The molecule has 9 heteroatoms. The predicted molar refractivity (Wildman–Crippen MR) is 150 cm³/mol. The number of alkyl halides is 2. The van der Waals surface area contributed by atoms with Gasteiger partial charge in [-0.15, -0.1) is 0 Å². The van der Waals surface area contributed by atoms with Gasteiger partial charge in [-0.25, -0.2) is 23.7 Å². The minimum absolute atomic E-state index is 0.00448. The van der Waals surface area contributed by atoms with Crippen molar-refractivity contribution >= 4 is 22.4 Å². The first-order chi connectivity index (χ1) is 19.0. The molecular weight excluding hydrogens is 498 g/mol. The number of halogens is 2. The van der Waals surface area contributed by atoms with Crippen LogP contribution in [0.25, 0.3) is 22.0 Å². The Kier molecular flexibility index (Phi) is 6.99. The van der Waals surface area contributed by atoms with E-state index in [4.69, 9.17) is 9.72 Å². The molecule has 7 nitrogen and oxygen atoms in total. The van der Waals surface area contributed by atoms with Crippen LogP contribution in [0, 0.1) is 12.8 Å². The first kappa shape index (κ1) is 25.4. The number of hydrogen-bond donors (Lipinski definition) is 3. The van der Waals surface area contributed by atoms with E-state index in [0.29, 0.717) is 36.6 Å². The Balaban J connectivity index is 1.26. The standard InChI is InChI=1S/C30H32F2N6O/c1-19-9-10-22-23(6-2-8-25(22)34-15-11-20-17-30(20,31)32)27(19)39-28-24(7-4-14-35-28)26-12-16-36-29(38-26)37-21-5-3-13-33-18-21/h2,4,6-10,12,14,16,20-21,33-34H,3,5,11,13,15,17-18H2,1H3,(H,36,37,38)/t20-,21+/m1/s1. The molecule has 0 amide bonds. The lowest BCUT2D eigenvalue weighted by Gasteiger charge is -2.23. The third-order valence-corrected chi connectivity index (χ3v) is 7.50. The van der Waals surface area contributed by atoms with Crippen molar-refractivity contribution in [2.75, 3.05) is 30.3 Å². The van der Waals surface area contributed by atoms with Gasteiger partial charge in [-0.05, 0) is 62.6 Å². The fourth-order valence-corrected chi connectivity index (χ4v) is 5.19. The van der Waals surface area contributed by atoms with Crippen molar-refractivity contribution in [2.24, 2.45) is 5.92 Å². The molecule has 3 heterocycles. The van der Waals surface area contributed by atoms with E-state index in [-0.39, 0.29) is 6.42 Å². The van der Waals surface area contributed by atoms with Crippen molar-refractivity contribution in [3.63, 3.8) is 0 Å². The zero-order chi connectivity index (χ0) is 26.8. The number of nitrogens with one attached hydrogen (secondary N) is 3. The van der Waals surface area contributed by atoms with Gasteiger partial charge in [0.25, 0.3) is 5.92 Å². The van der Waals surface area contributed by atoms with Gasteiger partial charge in [0.05, 0.1) is 11.3 Å². The topological polar surface area (TPSA) is 84.0 Å². The molecule has 202 valence electrons. The van der Waals surface area contributed by atoms with Gasteiger partial charge in [0.15, 0.2) is 0 Å². The predicted octanol–water partition coefficient (Wildman–Crippen LogP) is 6.41. The van der Waals surface area contributed by atoms with Crippen LogP contribution in [0.3, 0.4) is 0 Å². The fraction of sp³-hybridized carbons (Fsp3) is 0.367. The highest BCUT2D eigenvalue weighted by atomic mass is 19.3. The minimum atomic E-state index is -2.49. The number of aromatic nitrogens is 3. The summed E-state index contributed by atoms with van der Waals surface area (Å²) in [6, 6.07) is 15.9. The number of piperidine rings is 1. The minimum Gasteiger partial charge on any atom is -0.437 e. The Hall–Kier alpha value is -3.85. The maximum absolute atomic E-state index is 13.3. The van der Waals surface area contributed by atoms with Crippen molar-refractivity contribution < 1.29 is 13.5 Å². The van der Waals surface area contributed by atoms with Crippen LogP contribution in [-0.2, 0) is 0 Å². The molecule has 4 aromatic rings. The Morgan fingerprint density at radius 2 is 1.95 bits per heavy atom. The van der Waals surface area contributed by atoms with Crippen LogP contribution in [0.1, 0.15) is 31.2 Å². The number of benzene rings is 2. The van der Waals surface area contributed by atoms with Gasteiger partial charge in [-0.3, -0.25) is 0 Å². The molecule has 2 fully saturated rings. The second-order valence-corrected chi connectivity index (χ2v) is 10.4. The molecule has 0 spiro atoms. The van der Waals surface area contributed by atoms with E-state index in [1.807, 2.05) is 55.5 Å². The molecule has 1 saturated heterocycles. The van der Waals surface area contributed by atoms with Gasteiger partial charge >= 0.3 is 0 Å². The van der Waals surface area contributed by atoms with Crippen molar-refractivity contribution in [1.29, 1.82) is 0 Å². The van der Waals surface area contributed by atoms with Crippen LogP contribution >= 0.6 is 0 Å². The van der Waals surface area contributed by atoms with Crippen molar-refractivity contribution in [3.8, 4) is 22.9 Å². The third kappa shape index (κ3) is 5.63. The van der Waals surface area contributed by atoms with Gasteiger partial charge < -0.3 is 20.7 Å². The number of fused-ring (bicyclic) bond motifs is 1. The number of nitrogens with zero attached hydrogens (tertiary/aromatic N) is 3. The van der Waals surface area contributed by atoms with E-state index in [0.717, 1.165) is 59.2 Å². The quantitative estimate of drug-likeness (QED) is 0.231. The Morgan fingerprint density at radius 1 is 1.05 bits per heavy atom. The zero-order valence-corrected chi connectivity index (χ0v) is 21.9. The molecule has 6 rings (SSSR count). The first-order valence-corrected chi connectivity index (χ1v) is 13.6. The van der Waals surface area contributed by atoms with Crippen LogP contribution in [0.15, 0.2) is 60.9 Å². The second-order valence-electron chi connectivity index (χ2n) is 10.4. The Morgan fingerprint density at radius 3 is 2.77 bits per heavy atom. The number of anilines is 2. The molecule has 2 aromatic carbocycles. The molecule has 2 aliphatic rings. The molecule has 0 bridgehead atoms. The summed E-state index contributed by atoms with van der Waals surface area (Å²) in [5, 5.41) is 12.1. The van der Waals surface area contributed by atoms with Gasteiger partial charge in [-0.1, -0.05) is 24.3 Å². The molecule has 0 unspecified atom stereocenters. The van der Waals surface area contributed by atoms with Crippen LogP contribution in [-0.4, -0.2) is 46.6 Å². The Bertz CT molecular complexity index is 1470. The number of ether oxygens (including phenoxy) is 1. The summed E-state index contributed by atoms with van der Waals surface area (Å²) in [5.41, 5.74) is 3.34. The smallest absolute Gasteiger partial charge is 0.251 e. The fourth-order valence-electron chi connectivity index (χ4n) is 5.19. The average Bonchev–Trinajstić information content (AvgIpc) is 3.57. The van der Waals surface area contributed by atoms with E-state index in [2.05, 4.69) is 25.9 Å².